The molecule has 2 aromatic rings. The lowest BCUT2D eigenvalue weighted by Crippen LogP contribution is -2.59. The summed E-state index contributed by atoms with van der Waals surface area (Å²) in [5.74, 6) is -3.43. The van der Waals surface area contributed by atoms with Crippen LogP contribution in [0.5, 0.6) is 23.0 Å². The van der Waals surface area contributed by atoms with E-state index in [1.165, 1.54) is 27.9 Å². The smallest absolute Gasteiger partial charge is 0.308 e. The lowest BCUT2D eigenvalue weighted by atomic mass is 9.87. The molecule has 0 radical (unpaired) electrons. The molecule has 4 rings (SSSR count). The number of hydrogen-bond donors (Lipinski definition) is 0. The normalized spacial score (nSPS) is 22.7. The molecule has 0 aromatic heterocycles. The van der Waals surface area contributed by atoms with Gasteiger partial charge < -0.3 is 42.6 Å². The number of carbonyl (C=O) groups excluding carboxylic acids is 6. The SMILES string of the molecule is COc1cc2c(c(OC(C)=O)c1[C@@H]1O[C@H](COC(C)=O)[C@@H](OC(C)=O)[C@H](OC(C)=O)[C@H]1OC(C)=O)CCC(c1ccc(OC(C)=O)cc1)O2. The van der Waals surface area contributed by atoms with Gasteiger partial charge in [0.15, 0.2) is 18.3 Å². The first-order chi connectivity index (χ1) is 23.2. The van der Waals surface area contributed by atoms with Crippen molar-refractivity contribution in [1.29, 1.82) is 0 Å². The van der Waals surface area contributed by atoms with E-state index >= 15 is 0 Å². The summed E-state index contributed by atoms with van der Waals surface area (Å²) in [7, 11) is 1.35. The van der Waals surface area contributed by atoms with Crippen LogP contribution in [0.4, 0.5) is 0 Å². The van der Waals surface area contributed by atoms with Crippen LogP contribution in [-0.2, 0) is 58.9 Å². The van der Waals surface area contributed by atoms with Crippen molar-refractivity contribution in [3.63, 3.8) is 0 Å². The summed E-state index contributed by atoms with van der Waals surface area (Å²) in [6.07, 6.45) is -6.66. The van der Waals surface area contributed by atoms with Crippen LogP contribution in [0, 0.1) is 0 Å². The highest BCUT2D eigenvalue weighted by molar-refractivity contribution is 5.73. The lowest BCUT2D eigenvalue weighted by molar-refractivity contribution is -0.254. The summed E-state index contributed by atoms with van der Waals surface area (Å²) in [6.45, 7) is 6.57. The van der Waals surface area contributed by atoms with Crippen LogP contribution in [0.15, 0.2) is 30.3 Å². The van der Waals surface area contributed by atoms with Gasteiger partial charge in [0.1, 0.15) is 47.9 Å². The van der Waals surface area contributed by atoms with Gasteiger partial charge in [-0.1, -0.05) is 12.1 Å². The minimum absolute atomic E-state index is 0.00796. The van der Waals surface area contributed by atoms with Gasteiger partial charge in [0, 0.05) is 53.2 Å². The molecule has 0 saturated carbocycles. The van der Waals surface area contributed by atoms with Gasteiger partial charge in [0.25, 0.3) is 0 Å². The highest BCUT2D eigenvalue weighted by Gasteiger charge is 2.54. The predicted octanol–water partition coefficient (Wildman–Crippen LogP) is 3.41. The third-order valence-electron chi connectivity index (χ3n) is 7.52. The lowest BCUT2D eigenvalue weighted by Gasteiger charge is -2.45. The van der Waals surface area contributed by atoms with E-state index < -0.39 is 79.0 Å². The van der Waals surface area contributed by atoms with E-state index in [0.717, 1.165) is 26.3 Å². The third-order valence-corrected chi connectivity index (χ3v) is 7.52. The summed E-state index contributed by atoms with van der Waals surface area (Å²) in [4.78, 5) is 72.7. The average Bonchev–Trinajstić information content (AvgIpc) is 3.01. The van der Waals surface area contributed by atoms with Gasteiger partial charge in [0.2, 0.25) is 0 Å². The number of hydrogen-bond acceptors (Lipinski definition) is 15. The molecular weight excluding hydrogens is 648 g/mol. The number of benzene rings is 2. The van der Waals surface area contributed by atoms with Crippen molar-refractivity contribution in [3.05, 3.63) is 47.0 Å². The molecule has 15 heteroatoms. The maximum Gasteiger partial charge on any atom is 0.308 e. The number of fused-ring (bicyclic) bond motifs is 1. The van der Waals surface area contributed by atoms with E-state index in [0.29, 0.717) is 29.9 Å². The summed E-state index contributed by atoms with van der Waals surface area (Å²) in [6, 6.07) is 8.39. The zero-order valence-corrected chi connectivity index (χ0v) is 28.1. The molecule has 1 fully saturated rings. The Balaban J connectivity index is 1.86. The van der Waals surface area contributed by atoms with Gasteiger partial charge >= 0.3 is 35.8 Å². The van der Waals surface area contributed by atoms with E-state index in [1.54, 1.807) is 30.3 Å². The van der Waals surface area contributed by atoms with Crippen molar-refractivity contribution >= 4 is 35.8 Å². The second-order valence-corrected chi connectivity index (χ2v) is 11.3. The maximum atomic E-state index is 12.6. The van der Waals surface area contributed by atoms with Crippen molar-refractivity contribution in [1.82, 2.24) is 0 Å². The van der Waals surface area contributed by atoms with E-state index in [2.05, 4.69) is 0 Å². The topological polar surface area (TPSA) is 185 Å². The van der Waals surface area contributed by atoms with Gasteiger partial charge in [-0.25, -0.2) is 0 Å². The van der Waals surface area contributed by atoms with Crippen LogP contribution in [0.3, 0.4) is 0 Å². The molecule has 1 saturated heterocycles. The molecule has 0 aliphatic carbocycles. The van der Waals surface area contributed by atoms with Crippen LogP contribution < -0.4 is 18.9 Å². The fourth-order valence-electron chi connectivity index (χ4n) is 5.81. The number of methoxy groups -OCH3 is 1. The Morgan fingerprint density at radius 2 is 1.33 bits per heavy atom. The molecule has 2 aliphatic heterocycles. The molecular formula is C34H38O15. The summed E-state index contributed by atoms with van der Waals surface area (Å²) >= 11 is 0. The van der Waals surface area contributed by atoms with E-state index in [4.69, 9.17) is 42.6 Å². The Morgan fingerprint density at radius 1 is 0.735 bits per heavy atom. The molecule has 0 bridgehead atoms. The first-order valence-corrected chi connectivity index (χ1v) is 15.4. The quantitative estimate of drug-likeness (QED) is 0.201. The molecule has 2 aromatic carbocycles. The fraction of sp³-hybridized carbons (Fsp3) is 0.471. The predicted molar refractivity (Wildman–Crippen MR) is 165 cm³/mol. The minimum atomic E-state index is -1.48. The Bertz CT molecular complexity index is 1600. The molecule has 6 atom stereocenters. The van der Waals surface area contributed by atoms with Gasteiger partial charge in [0.05, 0.1) is 12.7 Å². The number of carbonyl (C=O) groups is 6. The van der Waals surface area contributed by atoms with Gasteiger partial charge in [-0.3, -0.25) is 28.8 Å². The second-order valence-electron chi connectivity index (χ2n) is 11.3. The molecule has 49 heavy (non-hydrogen) atoms. The van der Waals surface area contributed by atoms with Crippen LogP contribution in [-0.4, -0.2) is 73.9 Å². The van der Waals surface area contributed by atoms with Crippen LogP contribution >= 0.6 is 0 Å². The molecule has 15 nitrogen and oxygen atoms in total. The van der Waals surface area contributed by atoms with Crippen molar-refractivity contribution in [2.45, 2.75) is 91.0 Å². The monoisotopic (exact) mass is 686 g/mol. The molecule has 1 unspecified atom stereocenters. The Morgan fingerprint density at radius 3 is 1.88 bits per heavy atom. The summed E-state index contributed by atoms with van der Waals surface area (Å²) < 4.78 is 51.4. The van der Waals surface area contributed by atoms with Crippen molar-refractivity contribution in [2.24, 2.45) is 0 Å². The number of esters is 6. The summed E-state index contributed by atoms with van der Waals surface area (Å²) in [5.41, 5.74) is 1.35. The van der Waals surface area contributed by atoms with Crippen molar-refractivity contribution < 1.29 is 71.4 Å². The maximum absolute atomic E-state index is 12.6. The van der Waals surface area contributed by atoms with E-state index in [1.807, 2.05) is 0 Å². The van der Waals surface area contributed by atoms with Crippen LogP contribution in [0.25, 0.3) is 0 Å². The summed E-state index contributed by atoms with van der Waals surface area (Å²) in [5, 5.41) is 0. The standard InChI is InChI=1S/C34H38O15/c1-16(35)42-15-28-31(45-19(4)38)33(46-20(5)39)34(47-21(6)40)32(49-28)29-27(41-7)14-26-24(30(29)44-18(3)37)12-13-25(48-26)22-8-10-23(11-9-22)43-17(2)36/h8-11,14,25,28,31-34H,12-13,15H2,1-7H3/t25?,28-,31-,32+,33+,34+/m1/s1. The second kappa shape index (κ2) is 15.8. The fourth-order valence-corrected chi connectivity index (χ4v) is 5.81. The largest absolute Gasteiger partial charge is 0.496 e. The van der Waals surface area contributed by atoms with Crippen molar-refractivity contribution in [3.8, 4) is 23.0 Å². The highest BCUT2D eigenvalue weighted by Crippen LogP contribution is 2.51. The van der Waals surface area contributed by atoms with Gasteiger partial charge in [-0.2, -0.15) is 0 Å². The number of ether oxygens (including phenoxy) is 9. The van der Waals surface area contributed by atoms with E-state index in [-0.39, 0.29) is 17.1 Å². The minimum Gasteiger partial charge on any atom is -0.496 e. The molecule has 2 aliphatic rings. The van der Waals surface area contributed by atoms with Gasteiger partial charge in [-0.15, -0.1) is 0 Å². The zero-order valence-electron chi connectivity index (χ0n) is 28.1. The van der Waals surface area contributed by atoms with Crippen LogP contribution in [0.1, 0.15) is 76.9 Å². The molecule has 0 amide bonds. The highest BCUT2D eigenvalue weighted by atomic mass is 16.7. The molecule has 2 heterocycles. The third kappa shape index (κ3) is 9.04. The van der Waals surface area contributed by atoms with E-state index in [9.17, 15) is 28.8 Å². The first kappa shape index (κ1) is 36.7. The molecule has 0 N–H and O–H groups in total. The Hall–Kier alpha value is -5.18. The Labute approximate surface area is 281 Å². The average molecular weight is 687 g/mol. The zero-order chi connectivity index (χ0) is 36.0. The first-order valence-electron chi connectivity index (χ1n) is 15.4. The van der Waals surface area contributed by atoms with Gasteiger partial charge in [-0.05, 0) is 30.5 Å². The van der Waals surface area contributed by atoms with Crippen molar-refractivity contribution in [2.75, 3.05) is 13.7 Å². The molecule has 0 spiro atoms. The molecule has 264 valence electrons. The number of rotatable bonds is 10. The van der Waals surface area contributed by atoms with Crippen LogP contribution in [0.2, 0.25) is 0 Å². The Kier molecular flexibility index (Phi) is 11.8.